The van der Waals surface area contributed by atoms with Crippen LogP contribution in [0.2, 0.25) is 0 Å². The third-order valence-electron chi connectivity index (χ3n) is 5.98. The van der Waals surface area contributed by atoms with Gasteiger partial charge in [-0.15, -0.1) is 0 Å². The van der Waals surface area contributed by atoms with Crippen LogP contribution in [0.5, 0.6) is 0 Å². The summed E-state index contributed by atoms with van der Waals surface area (Å²) in [7, 11) is 0. The van der Waals surface area contributed by atoms with Crippen LogP contribution in [0.3, 0.4) is 0 Å². The van der Waals surface area contributed by atoms with E-state index in [4.69, 9.17) is 25.5 Å². The van der Waals surface area contributed by atoms with E-state index in [0.29, 0.717) is 12.4 Å². The summed E-state index contributed by atoms with van der Waals surface area (Å²) in [6.45, 7) is 7.42. The van der Waals surface area contributed by atoms with Crippen molar-refractivity contribution in [1.82, 2.24) is 24.4 Å². The van der Waals surface area contributed by atoms with Gasteiger partial charge in [-0.2, -0.15) is 31.3 Å². The van der Waals surface area contributed by atoms with Crippen molar-refractivity contribution in [3.05, 3.63) is 44.1 Å². The van der Waals surface area contributed by atoms with Gasteiger partial charge in [-0.1, -0.05) is 0 Å². The molecule has 1 fully saturated rings. The summed E-state index contributed by atoms with van der Waals surface area (Å²) in [5.74, 6) is -5.17. The average molecular weight is 596 g/mol. The summed E-state index contributed by atoms with van der Waals surface area (Å²) in [6, 6.07) is 4.31. The lowest BCUT2D eigenvalue weighted by Gasteiger charge is -2.30. The molecule has 0 bridgehead atoms. The van der Waals surface area contributed by atoms with Crippen LogP contribution in [0, 0.1) is 13.8 Å². The van der Waals surface area contributed by atoms with Gasteiger partial charge >= 0.3 is 30.0 Å². The fourth-order valence-corrected chi connectivity index (χ4v) is 3.69. The van der Waals surface area contributed by atoms with Gasteiger partial charge in [0.1, 0.15) is 0 Å². The van der Waals surface area contributed by atoms with E-state index in [0.717, 1.165) is 54.6 Å². The molecule has 0 amide bonds. The summed E-state index contributed by atoms with van der Waals surface area (Å²) in [5, 5.41) is 14.2. The third-order valence-corrected chi connectivity index (χ3v) is 5.98. The monoisotopic (exact) mass is 596 g/mol. The predicted molar refractivity (Wildman–Crippen MR) is 132 cm³/mol. The Morgan fingerprint density at radius 2 is 1.44 bits per heavy atom. The van der Waals surface area contributed by atoms with Crippen LogP contribution < -0.4 is 17.0 Å². The van der Waals surface area contributed by atoms with E-state index in [-0.39, 0.29) is 11.7 Å². The van der Waals surface area contributed by atoms with Crippen molar-refractivity contribution in [3.63, 3.8) is 0 Å². The number of aromatic nitrogens is 4. The molecule has 0 radical (unpaired) electrons. The first kappa shape index (κ1) is 33.1. The normalized spacial score (nSPS) is 14.7. The second kappa shape index (κ2) is 13.1. The number of nitrogens with zero attached hydrogens (tertiary/aromatic N) is 4. The fourth-order valence-electron chi connectivity index (χ4n) is 3.69. The zero-order valence-electron chi connectivity index (χ0n) is 21.6. The van der Waals surface area contributed by atoms with Crippen molar-refractivity contribution >= 4 is 23.0 Å². The molecule has 4 rings (SSSR count). The van der Waals surface area contributed by atoms with Crippen LogP contribution >= 0.6 is 0 Å². The molecule has 1 saturated heterocycles. The second-order valence-corrected chi connectivity index (χ2v) is 9.02. The van der Waals surface area contributed by atoms with Gasteiger partial charge in [-0.05, 0) is 63.0 Å². The van der Waals surface area contributed by atoms with Crippen LogP contribution in [0.15, 0.2) is 21.7 Å². The number of carboxylic acid groups (broad SMARTS) is 2. The van der Waals surface area contributed by atoms with Crippen LogP contribution in [0.4, 0.5) is 26.3 Å². The standard InChI is InChI=1S/C19H24N6O2.2C2HF3O2/c1-11-9-14-15(10-12(11)2)25(8-7-24-5-3-13(20)4-6-24)17-16(21-14)18(26)23-19(27)22-17;2*3-2(4,5)1(6)7/h9-10,13H,3-8,20H2,1-2H3,(H,23,26,27);2*(H,6,7). The van der Waals surface area contributed by atoms with Crippen molar-refractivity contribution < 1.29 is 46.1 Å². The number of aliphatic carboxylic acids is 2. The zero-order valence-corrected chi connectivity index (χ0v) is 21.6. The molecule has 41 heavy (non-hydrogen) atoms. The maximum atomic E-state index is 12.3. The Morgan fingerprint density at radius 1 is 0.951 bits per heavy atom. The number of benzene rings is 1. The number of piperidine rings is 1. The topological polar surface area (TPSA) is 184 Å². The van der Waals surface area contributed by atoms with Crippen molar-refractivity contribution in [1.29, 1.82) is 0 Å². The van der Waals surface area contributed by atoms with Gasteiger partial charge in [0.15, 0.2) is 11.5 Å². The number of nitrogens with two attached hydrogens (primary N) is 1. The molecule has 0 unspecified atom stereocenters. The van der Waals surface area contributed by atoms with E-state index in [1.165, 1.54) is 0 Å². The predicted octanol–water partition coefficient (Wildman–Crippen LogP) is 1.89. The highest BCUT2D eigenvalue weighted by Crippen LogP contribution is 2.24. The number of halogens is 6. The summed E-state index contributed by atoms with van der Waals surface area (Å²) in [4.78, 5) is 55.0. The lowest BCUT2D eigenvalue weighted by molar-refractivity contribution is -0.193. The first-order valence-corrected chi connectivity index (χ1v) is 11.8. The lowest BCUT2D eigenvalue weighted by atomic mass is 10.1. The minimum absolute atomic E-state index is 0.200. The highest BCUT2D eigenvalue weighted by atomic mass is 19.4. The van der Waals surface area contributed by atoms with Gasteiger partial charge in [0, 0.05) is 19.1 Å². The second-order valence-electron chi connectivity index (χ2n) is 9.02. The molecule has 18 heteroatoms. The molecule has 0 saturated carbocycles. The van der Waals surface area contributed by atoms with E-state index < -0.39 is 35.5 Å². The molecule has 3 aliphatic heterocycles. The van der Waals surface area contributed by atoms with E-state index in [2.05, 4.69) is 25.9 Å². The molecule has 5 N–H and O–H groups in total. The smallest absolute Gasteiger partial charge is 0.475 e. The van der Waals surface area contributed by atoms with Gasteiger partial charge < -0.3 is 25.4 Å². The fraction of sp³-hybridized carbons (Fsp3) is 0.478. The Labute approximate surface area is 226 Å². The number of hydrogen-bond donors (Lipinski definition) is 4. The number of carboxylic acids is 2. The molecule has 0 aliphatic carbocycles. The highest BCUT2D eigenvalue weighted by Gasteiger charge is 2.38. The number of aromatic amines is 1. The number of rotatable bonds is 3. The molecule has 0 spiro atoms. The molecular weight excluding hydrogens is 570 g/mol. The number of carbonyl (C=O) groups is 2. The van der Waals surface area contributed by atoms with Crippen LogP contribution in [-0.4, -0.2) is 84.6 Å². The Bertz CT molecular complexity index is 1450. The number of nitrogens with one attached hydrogen (secondary N) is 1. The summed E-state index contributed by atoms with van der Waals surface area (Å²) < 4.78 is 65.4. The van der Waals surface area contributed by atoms with Gasteiger partial charge in [0.25, 0.3) is 5.56 Å². The first-order valence-electron chi connectivity index (χ1n) is 11.8. The number of likely N-dealkylation sites (tertiary alicyclic amines) is 1. The average Bonchev–Trinajstić information content (AvgIpc) is 2.84. The van der Waals surface area contributed by atoms with Gasteiger partial charge in [0.2, 0.25) is 0 Å². The van der Waals surface area contributed by atoms with E-state index in [1.54, 1.807) is 0 Å². The van der Waals surface area contributed by atoms with E-state index >= 15 is 0 Å². The minimum atomic E-state index is -5.08. The van der Waals surface area contributed by atoms with Gasteiger partial charge in [-0.25, -0.2) is 19.4 Å². The molecule has 3 aliphatic rings. The summed E-state index contributed by atoms with van der Waals surface area (Å²) in [5.41, 5.74) is 8.91. The Balaban J connectivity index is 0.000000349. The molecular formula is C23H26F6N6O6. The third kappa shape index (κ3) is 9.24. The van der Waals surface area contributed by atoms with Crippen LogP contribution in [0.25, 0.3) is 22.6 Å². The first-order chi connectivity index (χ1) is 18.8. The van der Waals surface area contributed by atoms with Crippen LogP contribution in [0.1, 0.15) is 24.0 Å². The van der Waals surface area contributed by atoms with Crippen molar-refractivity contribution in [2.24, 2.45) is 5.73 Å². The van der Waals surface area contributed by atoms with Gasteiger partial charge in [0.05, 0.1) is 11.0 Å². The Hall–Kier alpha value is -4.06. The zero-order chi connectivity index (χ0) is 31.3. The van der Waals surface area contributed by atoms with Crippen molar-refractivity contribution in [2.45, 2.75) is 51.6 Å². The van der Waals surface area contributed by atoms with Crippen molar-refractivity contribution in [2.75, 3.05) is 19.6 Å². The number of fused-ring (bicyclic) bond motifs is 2. The molecule has 226 valence electrons. The van der Waals surface area contributed by atoms with Gasteiger partial charge in [-0.3, -0.25) is 9.78 Å². The molecule has 1 aromatic carbocycles. The SMILES string of the molecule is Cc1cc2nc3c(=O)[nH]c(=O)nc-3n(CCN3CCC(N)CC3)c2cc1C.O=C(O)C(F)(F)F.O=C(O)C(F)(F)F. The number of alkyl halides is 6. The summed E-state index contributed by atoms with van der Waals surface area (Å²) in [6.07, 6.45) is -8.19. The Kier molecular flexibility index (Phi) is 10.6. The highest BCUT2D eigenvalue weighted by molar-refractivity contribution is 5.81. The quantitative estimate of drug-likeness (QED) is 0.257. The molecule has 1 aromatic rings. The maximum absolute atomic E-state index is 12.3. The lowest BCUT2D eigenvalue weighted by Crippen LogP contribution is -2.41. The number of H-pyrrole nitrogens is 1. The molecule has 12 nitrogen and oxygen atoms in total. The van der Waals surface area contributed by atoms with Crippen molar-refractivity contribution in [3.8, 4) is 11.5 Å². The molecule has 3 heterocycles. The largest absolute Gasteiger partial charge is 0.490 e. The number of hydrogen-bond acceptors (Lipinski definition) is 8. The van der Waals surface area contributed by atoms with E-state index in [9.17, 15) is 35.9 Å². The summed E-state index contributed by atoms with van der Waals surface area (Å²) >= 11 is 0. The molecule has 0 atom stereocenters. The molecule has 0 aromatic heterocycles. The van der Waals surface area contributed by atoms with E-state index in [1.807, 2.05) is 24.5 Å². The Morgan fingerprint density at radius 3 is 1.93 bits per heavy atom. The number of aryl methyl sites for hydroxylation is 2. The maximum Gasteiger partial charge on any atom is 0.490 e. The minimum Gasteiger partial charge on any atom is -0.475 e. The van der Waals surface area contributed by atoms with Crippen LogP contribution in [-0.2, 0) is 16.1 Å².